The number of anilines is 1. The van der Waals surface area contributed by atoms with Gasteiger partial charge in [0.25, 0.3) is 0 Å². The van der Waals surface area contributed by atoms with Crippen LogP contribution in [0.4, 0.5) is 5.69 Å². The van der Waals surface area contributed by atoms with Gasteiger partial charge in [-0.15, -0.1) is 0 Å². The molecule has 0 saturated carbocycles. The minimum absolute atomic E-state index is 0.0311. The van der Waals surface area contributed by atoms with E-state index in [4.69, 9.17) is 0 Å². The van der Waals surface area contributed by atoms with Gasteiger partial charge in [0.1, 0.15) is 0 Å². The fourth-order valence-electron chi connectivity index (χ4n) is 2.23. The Morgan fingerprint density at radius 1 is 1.18 bits per heavy atom. The smallest absolute Gasteiger partial charge is 0.308 e. The summed E-state index contributed by atoms with van der Waals surface area (Å²) in [6, 6.07) is 15.0. The lowest BCUT2D eigenvalue weighted by Crippen LogP contribution is -2.19. The third-order valence-electron chi connectivity index (χ3n) is 3.24. The van der Waals surface area contributed by atoms with Crippen LogP contribution >= 0.6 is 27.3 Å². The van der Waals surface area contributed by atoms with Gasteiger partial charge >= 0.3 is 4.87 Å². The van der Waals surface area contributed by atoms with Crippen LogP contribution in [0.3, 0.4) is 0 Å². The molecule has 0 aliphatic rings. The highest BCUT2D eigenvalue weighted by atomic mass is 79.9. The number of hydrogen-bond donors (Lipinski definition) is 1. The van der Waals surface area contributed by atoms with Crippen molar-refractivity contribution in [2.24, 2.45) is 0 Å². The summed E-state index contributed by atoms with van der Waals surface area (Å²) in [5.41, 5.74) is 1.62. The maximum atomic E-state index is 12.0. The lowest BCUT2D eigenvalue weighted by molar-refractivity contribution is -0.116. The number of rotatable bonds is 4. The Kier molecular flexibility index (Phi) is 4.40. The standard InChI is InChI=1S/C16H13BrN2O2S/c17-11-4-3-5-12(10-11)18-15(20)8-9-19-13-6-1-2-7-14(13)22-16(19)21/h1-7,10H,8-9H2,(H,18,20). The number of benzene rings is 2. The highest BCUT2D eigenvalue weighted by molar-refractivity contribution is 9.10. The number of thiazole rings is 1. The van der Waals surface area contributed by atoms with Gasteiger partial charge < -0.3 is 5.32 Å². The van der Waals surface area contributed by atoms with E-state index in [2.05, 4.69) is 21.2 Å². The monoisotopic (exact) mass is 376 g/mol. The number of para-hydroxylation sites is 1. The first-order valence-corrected chi connectivity index (χ1v) is 8.38. The molecule has 22 heavy (non-hydrogen) atoms. The minimum atomic E-state index is -0.111. The predicted molar refractivity (Wildman–Crippen MR) is 93.5 cm³/mol. The number of carbonyl (C=O) groups is 1. The molecule has 3 aromatic rings. The van der Waals surface area contributed by atoms with Crippen LogP contribution in [-0.2, 0) is 11.3 Å². The molecular formula is C16H13BrN2O2S. The molecule has 1 aromatic heterocycles. The first-order valence-electron chi connectivity index (χ1n) is 6.77. The van der Waals surface area contributed by atoms with Crippen LogP contribution in [-0.4, -0.2) is 10.5 Å². The molecule has 112 valence electrons. The van der Waals surface area contributed by atoms with Gasteiger partial charge in [-0.1, -0.05) is 45.5 Å². The van der Waals surface area contributed by atoms with Crippen molar-refractivity contribution in [3.8, 4) is 0 Å². The van der Waals surface area contributed by atoms with Crippen molar-refractivity contribution in [1.29, 1.82) is 0 Å². The number of nitrogens with zero attached hydrogens (tertiary/aromatic N) is 1. The predicted octanol–water partition coefficient (Wildman–Crippen LogP) is 3.85. The molecule has 2 aromatic carbocycles. The fourth-order valence-corrected chi connectivity index (χ4v) is 3.55. The second kappa shape index (κ2) is 6.46. The zero-order chi connectivity index (χ0) is 15.5. The van der Waals surface area contributed by atoms with Crippen molar-refractivity contribution in [3.63, 3.8) is 0 Å². The summed E-state index contributed by atoms with van der Waals surface area (Å²) in [7, 11) is 0. The lowest BCUT2D eigenvalue weighted by Gasteiger charge is -2.06. The van der Waals surface area contributed by atoms with E-state index >= 15 is 0 Å². The quantitative estimate of drug-likeness (QED) is 0.751. The van der Waals surface area contributed by atoms with Gasteiger partial charge in [0.2, 0.25) is 5.91 Å². The summed E-state index contributed by atoms with van der Waals surface area (Å²) in [5, 5.41) is 2.83. The maximum Gasteiger partial charge on any atom is 0.308 e. The summed E-state index contributed by atoms with van der Waals surface area (Å²) in [5.74, 6) is -0.111. The molecule has 1 heterocycles. The Bertz CT molecular complexity index is 885. The third kappa shape index (κ3) is 3.28. The average Bonchev–Trinajstić information content (AvgIpc) is 2.80. The van der Waals surface area contributed by atoms with E-state index in [0.29, 0.717) is 6.54 Å². The van der Waals surface area contributed by atoms with Crippen molar-refractivity contribution in [1.82, 2.24) is 4.57 Å². The van der Waals surface area contributed by atoms with Gasteiger partial charge in [0, 0.05) is 23.1 Å². The SMILES string of the molecule is O=C(CCn1c(=O)sc2ccccc21)Nc1cccc(Br)c1. The van der Waals surface area contributed by atoms with Crippen LogP contribution in [0.15, 0.2) is 57.8 Å². The molecule has 0 spiro atoms. The average molecular weight is 377 g/mol. The van der Waals surface area contributed by atoms with Crippen LogP contribution in [0.1, 0.15) is 6.42 Å². The molecule has 0 aliphatic carbocycles. The van der Waals surface area contributed by atoms with Gasteiger partial charge in [-0.05, 0) is 30.3 Å². The van der Waals surface area contributed by atoms with Crippen molar-refractivity contribution < 1.29 is 4.79 Å². The van der Waals surface area contributed by atoms with E-state index in [1.807, 2.05) is 48.5 Å². The number of halogens is 1. The van der Waals surface area contributed by atoms with Crippen LogP contribution in [0.2, 0.25) is 0 Å². The summed E-state index contributed by atoms with van der Waals surface area (Å²) in [4.78, 5) is 24.0. The van der Waals surface area contributed by atoms with Gasteiger partial charge in [0.05, 0.1) is 10.2 Å². The molecule has 0 aliphatic heterocycles. The van der Waals surface area contributed by atoms with Crippen LogP contribution in [0, 0.1) is 0 Å². The molecule has 0 unspecified atom stereocenters. The number of fused-ring (bicyclic) bond motifs is 1. The highest BCUT2D eigenvalue weighted by Crippen LogP contribution is 2.18. The second-order valence-electron chi connectivity index (χ2n) is 4.80. The highest BCUT2D eigenvalue weighted by Gasteiger charge is 2.09. The molecule has 6 heteroatoms. The van der Waals surface area contributed by atoms with Crippen molar-refractivity contribution in [3.05, 3.63) is 62.7 Å². The normalized spacial score (nSPS) is 10.8. The molecule has 0 saturated heterocycles. The number of aromatic nitrogens is 1. The van der Waals surface area contributed by atoms with E-state index in [-0.39, 0.29) is 17.2 Å². The number of aryl methyl sites for hydroxylation is 1. The Balaban J connectivity index is 1.70. The first kappa shape index (κ1) is 15.0. The summed E-state index contributed by atoms with van der Waals surface area (Å²) in [6.45, 7) is 0.378. The second-order valence-corrected chi connectivity index (χ2v) is 6.70. The van der Waals surface area contributed by atoms with E-state index in [1.54, 1.807) is 4.57 Å². The largest absolute Gasteiger partial charge is 0.326 e. The van der Waals surface area contributed by atoms with Gasteiger partial charge in [-0.25, -0.2) is 0 Å². The van der Waals surface area contributed by atoms with Crippen molar-refractivity contribution in [2.75, 3.05) is 5.32 Å². The minimum Gasteiger partial charge on any atom is -0.326 e. The molecule has 0 radical (unpaired) electrons. The van der Waals surface area contributed by atoms with Crippen molar-refractivity contribution in [2.45, 2.75) is 13.0 Å². The summed E-state index contributed by atoms with van der Waals surface area (Å²) < 4.78 is 3.51. The molecule has 0 atom stereocenters. The van der Waals surface area contributed by atoms with E-state index in [0.717, 1.165) is 20.4 Å². The summed E-state index contributed by atoms with van der Waals surface area (Å²) in [6.07, 6.45) is 0.257. The Morgan fingerprint density at radius 3 is 2.82 bits per heavy atom. The van der Waals surface area contributed by atoms with E-state index < -0.39 is 0 Å². The molecule has 4 nitrogen and oxygen atoms in total. The first-order chi connectivity index (χ1) is 10.6. The Morgan fingerprint density at radius 2 is 2.00 bits per heavy atom. The molecule has 0 fully saturated rings. The maximum absolute atomic E-state index is 12.0. The Labute approximate surface area is 139 Å². The number of nitrogens with one attached hydrogen (secondary N) is 1. The lowest BCUT2D eigenvalue weighted by atomic mass is 10.3. The molecule has 0 bridgehead atoms. The van der Waals surface area contributed by atoms with Crippen LogP contribution < -0.4 is 10.2 Å². The number of carbonyl (C=O) groups excluding carboxylic acids is 1. The topological polar surface area (TPSA) is 51.1 Å². The van der Waals surface area contributed by atoms with Gasteiger partial charge in [-0.3, -0.25) is 14.2 Å². The van der Waals surface area contributed by atoms with Gasteiger partial charge in [-0.2, -0.15) is 0 Å². The molecule has 3 rings (SSSR count). The molecule has 1 amide bonds. The Hall–Kier alpha value is -1.92. The van der Waals surface area contributed by atoms with Crippen LogP contribution in [0.25, 0.3) is 10.2 Å². The van der Waals surface area contributed by atoms with E-state index in [9.17, 15) is 9.59 Å². The van der Waals surface area contributed by atoms with Gasteiger partial charge in [0.15, 0.2) is 0 Å². The third-order valence-corrected chi connectivity index (χ3v) is 4.70. The van der Waals surface area contributed by atoms with E-state index in [1.165, 1.54) is 11.3 Å². The van der Waals surface area contributed by atoms with Crippen molar-refractivity contribution >= 4 is 49.1 Å². The summed E-state index contributed by atoms with van der Waals surface area (Å²) >= 11 is 4.57. The molecular weight excluding hydrogens is 364 g/mol. The van der Waals surface area contributed by atoms with Crippen LogP contribution in [0.5, 0.6) is 0 Å². The fraction of sp³-hybridized carbons (Fsp3) is 0.125. The zero-order valence-electron chi connectivity index (χ0n) is 11.6. The number of amides is 1. The number of hydrogen-bond acceptors (Lipinski definition) is 3. The molecule has 1 N–H and O–H groups in total. The zero-order valence-corrected chi connectivity index (χ0v) is 14.0.